The van der Waals surface area contributed by atoms with Gasteiger partial charge in [-0.25, -0.2) is 0 Å². The molecule has 0 radical (unpaired) electrons. The third-order valence-electron chi connectivity index (χ3n) is 3.96. The predicted octanol–water partition coefficient (Wildman–Crippen LogP) is 0.751. The van der Waals surface area contributed by atoms with Gasteiger partial charge in [0.15, 0.2) is 0 Å². The molecule has 0 bridgehead atoms. The molecular formula is C14H23NO5. The monoisotopic (exact) mass is 285 g/mol. The van der Waals surface area contributed by atoms with Gasteiger partial charge in [0.1, 0.15) is 0 Å². The van der Waals surface area contributed by atoms with Gasteiger partial charge in [-0.05, 0) is 26.2 Å². The summed E-state index contributed by atoms with van der Waals surface area (Å²) in [6.45, 7) is 5.19. The summed E-state index contributed by atoms with van der Waals surface area (Å²) >= 11 is 0. The Morgan fingerprint density at radius 2 is 1.90 bits per heavy atom. The Hall–Kier alpha value is -1.14. The minimum atomic E-state index is -0.850. The molecule has 1 amide bonds. The summed E-state index contributed by atoms with van der Waals surface area (Å²) in [6, 6.07) is 0. The molecule has 20 heavy (non-hydrogen) atoms. The Kier molecular flexibility index (Phi) is 5.37. The van der Waals surface area contributed by atoms with E-state index in [-0.39, 0.29) is 17.9 Å². The Bertz CT molecular complexity index is 351. The van der Waals surface area contributed by atoms with Crippen LogP contribution in [0.5, 0.6) is 0 Å². The normalized spacial score (nSPS) is 26.6. The van der Waals surface area contributed by atoms with Crippen molar-refractivity contribution in [1.82, 2.24) is 4.90 Å². The maximum absolute atomic E-state index is 12.1. The number of amides is 1. The molecule has 114 valence electrons. The van der Waals surface area contributed by atoms with Crippen LogP contribution in [0.1, 0.15) is 26.2 Å². The van der Waals surface area contributed by atoms with Crippen LogP contribution in [0.3, 0.4) is 0 Å². The highest BCUT2D eigenvalue weighted by atomic mass is 16.5. The first-order chi connectivity index (χ1) is 9.63. The lowest BCUT2D eigenvalue weighted by molar-refractivity contribution is -0.142. The molecule has 2 rings (SSSR count). The fraction of sp³-hybridized carbons (Fsp3) is 0.857. The van der Waals surface area contributed by atoms with Gasteiger partial charge in [0.25, 0.3) is 0 Å². The first-order valence-corrected chi connectivity index (χ1v) is 7.34. The molecule has 0 aromatic heterocycles. The largest absolute Gasteiger partial charge is 0.481 e. The number of aliphatic carboxylic acids is 1. The lowest BCUT2D eigenvalue weighted by atomic mass is 10.1. The van der Waals surface area contributed by atoms with Crippen molar-refractivity contribution in [2.45, 2.75) is 32.3 Å². The van der Waals surface area contributed by atoms with Crippen molar-refractivity contribution in [3.63, 3.8) is 0 Å². The van der Waals surface area contributed by atoms with Crippen LogP contribution in [0, 0.1) is 11.8 Å². The van der Waals surface area contributed by atoms with E-state index in [1.807, 2.05) is 6.92 Å². The molecule has 1 aliphatic carbocycles. The van der Waals surface area contributed by atoms with E-state index < -0.39 is 11.9 Å². The van der Waals surface area contributed by atoms with Gasteiger partial charge in [0.2, 0.25) is 5.91 Å². The van der Waals surface area contributed by atoms with E-state index in [1.165, 1.54) is 0 Å². The highest BCUT2D eigenvalue weighted by Crippen LogP contribution is 2.40. The van der Waals surface area contributed by atoms with Crippen molar-refractivity contribution in [3.05, 3.63) is 0 Å². The third kappa shape index (κ3) is 3.93. The predicted molar refractivity (Wildman–Crippen MR) is 71.3 cm³/mol. The number of piperidine rings is 1. The summed E-state index contributed by atoms with van der Waals surface area (Å²) in [5, 5.41) is 8.85. The molecule has 1 heterocycles. The molecule has 2 unspecified atom stereocenters. The fourth-order valence-corrected chi connectivity index (χ4v) is 2.64. The zero-order valence-corrected chi connectivity index (χ0v) is 11.9. The van der Waals surface area contributed by atoms with Crippen LogP contribution < -0.4 is 0 Å². The average Bonchev–Trinajstić information content (AvgIpc) is 3.24. The van der Waals surface area contributed by atoms with E-state index in [2.05, 4.69) is 0 Å². The van der Waals surface area contributed by atoms with Crippen molar-refractivity contribution >= 4 is 11.9 Å². The molecule has 1 saturated heterocycles. The molecule has 2 fully saturated rings. The molecule has 0 aromatic rings. The smallest absolute Gasteiger partial charge is 0.307 e. The lowest BCUT2D eigenvalue weighted by Gasteiger charge is -2.32. The first kappa shape index (κ1) is 15.3. The molecule has 6 heteroatoms. The van der Waals surface area contributed by atoms with Gasteiger partial charge >= 0.3 is 5.97 Å². The number of carboxylic acid groups (broad SMARTS) is 1. The summed E-state index contributed by atoms with van der Waals surface area (Å²) in [4.78, 5) is 24.7. The maximum Gasteiger partial charge on any atom is 0.307 e. The van der Waals surface area contributed by atoms with Crippen LogP contribution in [-0.2, 0) is 19.1 Å². The Morgan fingerprint density at radius 1 is 1.20 bits per heavy atom. The number of ether oxygens (including phenoxy) is 2. The van der Waals surface area contributed by atoms with Gasteiger partial charge in [-0.3, -0.25) is 9.59 Å². The summed E-state index contributed by atoms with van der Waals surface area (Å²) in [7, 11) is 0. The second-order valence-electron chi connectivity index (χ2n) is 5.38. The summed E-state index contributed by atoms with van der Waals surface area (Å²) < 4.78 is 10.9. The van der Waals surface area contributed by atoms with E-state index in [0.29, 0.717) is 39.3 Å². The van der Waals surface area contributed by atoms with Crippen LogP contribution in [-0.4, -0.2) is 60.9 Å². The number of nitrogens with zero attached hydrogens (tertiary/aromatic N) is 1. The minimum Gasteiger partial charge on any atom is -0.481 e. The van der Waals surface area contributed by atoms with Gasteiger partial charge in [-0.15, -0.1) is 0 Å². The van der Waals surface area contributed by atoms with Crippen LogP contribution in [0.2, 0.25) is 0 Å². The van der Waals surface area contributed by atoms with Crippen LogP contribution >= 0.6 is 0 Å². The minimum absolute atomic E-state index is 0.00478. The fourth-order valence-electron chi connectivity index (χ4n) is 2.64. The van der Waals surface area contributed by atoms with Crippen molar-refractivity contribution in [3.8, 4) is 0 Å². The Labute approximate surface area is 119 Å². The lowest BCUT2D eigenvalue weighted by Crippen LogP contribution is -2.42. The maximum atomic E-state index is 12.1. The average molecular weight is 285 g/mol. The Balaban J connectivity index is 1.64. The first-order valence-electron chi connectivity index (χ1n) is 7.34. The molecule has 2 aliphatic rings. The van der Waals surface area contributed by atoms with Gasteiger partial charge in [-0.1, -0.05) is 0 Å². The van der Waals surface area contributed by atoms with E-state index in [9.17, 15) is 9.59 Å². The van der Waals surface area contributed by atoms with Crippen molar-refractivity contribution in [2.75, 3.05) is 32.9 Å². The molecule has 0 aromatic carbocycles. The van der Waals surface area contributed by atoms with E-state index >= 15 is 0 Å². The van der Waals surface area contributed by atoms with Crippen molar-refractivity contribution in [2.24, 2.45) is 11.8 Å². The molecule has 1 aliphatic heterocycles. The zero-order chi connectivity index (χ0) is 14.5. The SMILES string of the molecule is CCOCCOC1CCN(C(=O)C2CC2C(=O)O)CC1. The van der Waals surface area contributed by atoms with Crippen LogP contribution in [0.25, 0.3) is 0 Å². The van der Waals surface area contributed by atoms with E-state index in [1.54, 1.807) is 4.90 Å². The molecule has 6 nitrogen and oxygen atoms in total. The molecule has 0 spiro atoms. The molecule has 1 saturated carbocycles. The van der Waals surface area contributed by atoms with Crippen LogP contribution in [0.15, 0.2) is 0 Å². The second kappa shape index (κ2) is 7.04. The topological polar surface area (TPSA) is 76.1 Å². The number of likely N-dealkylation sites (tertiary alicyclic amines) is 1. The number of hydrogen-bond acceptors (Lipinski definition) is 4. The third-order valence-corrected chi connectivity index (χ3v) is 3.96. The van der Waals surface area contributed by atoms with Crippen molar-refractivity contribution < 1.29 is 24.2 Å². The number of carbonyl (C=O) groups is 2. The quantitative estimate of drug-likeness (QED) is 0.699. The van der Waals surface area contributed by atoms with E-state index in [0.717, 1.165) is 12.8 Å². The number of carbonyl (C=O) groups excluding carboxylic acids is 1. The van der Waals surface area contributed by atoms with Gasteiger partial charge in [0, 0.05) is 19.7 Å². The number of carboxylic acids is 1. The van der Waals surface area contributed by atoms with E-state index in [4.69, 9.17) is 14.6 Å². The summed E-state index contributed by atoms with van der Waals surface area (Å²) in [5.74, 6) is -1.59. The second-order valence-corrected chi connectivity index (χ2v) is 5.38. The Morgan fingerprint density at radius 3 is 2.45 bits per heavy atom. The van der Waals surface area contributed by atoms with Crippen molar-refractivity contribution in [1.29, 1.82) is 0 Å². The molecule has 2 atom stereocenters. The highest BCUT2D eigenvalue weighted by Gasteiger charge is 2.50. The zero-order valence-electron chi connectivity index (χ0n) is 11.9. The highest BCUT2D eigenvalue weighted by molar-refractivity contribution is 5.89. The van der Waals surface area contributed by atoms with Gasteiger partial charge in [-0.2, -0.15) is 0 Å². The number of hydrogen-bond donors (Lipinski definition) is 1. The van der Waals surface area contributed by atoms with Gasteiger partial charge < -0.3 is 19.5 Å². The standard InChI is InChI=1S/C14H23NO5/c1-2-19-7-8-20-10-3-5-15(6-4-10)13(16)11-9-12(11)14(17)18/h10-12H,2-9H2,1H3,(H,17,18). The van der Waals surface area contributed by atoms with Gasteiger partial charge in [0.05, 0.1) is 31.2 Å². The summed E-state index contributed by atoms with van der Waals surface area (Å²) in [5.41, 5.74) is 0. The summed E-state index contributed by atoms with van der Waals surface area (Å²) in [6.07, 6.45) is 2.33. The molecular weight excluding hydrogens is 262 g/mol. The molecule has 1 N–H and O–H groups in total. The number of rotatable bonds is 7. The van der Waals surface area contributed by atoms with Crippen LogP contribution in [0.4, 0.5) is 0 Å².